The zero-order valence-corrected chi connectivity index (χ0v) is 18.0. The number of carbonyl (C=O) groups is 1. The van der Waals surface area contributed by atoms with Crippen molar-refractivity contribution in [1.29, 1.82) is 5.41 Å². The van der Waals surface area contributed by atoms with E-state index in [-0.39, 0.29) is 11.9 Å². The van der Waals surface area contributed by atoms with Crippen LogP contribution in [0.2, 0.25) is 5.02 Å². The molecule has 5 nitrogen and oxygen atoms in total. The number of hydrogen-bond acceptors (Lipinski definition) is 4. The number of amides is 1. The molecule has 2 aromatic rings. The van der Waals surface area contributed by atoms with Crippen molar-refractivity contribution in [2.24, 2.45) is 0 Å². The minimum atomic E-state index is 0.0121. The maximum absolute atomic E-state index is 12.4. The highest BCUT2D eigenvalue weighted by Crippen LogP contribution is 2.44. The second-order valence-electron chi connectivity index (χ2n) is 7.93. The van der Waals surface area contributed by atoms with Crippen LogP contribution in [0.3, 0.4) is 0 Å². The molecule has 0 bridgehead atoms. The normalized spacial score (nSPS) is 18.6. The Hall–Kier alpha value is -2.79. The van der Waals surface area contributed by atoms with E-state index in [1.54, 1.807) is 13.0 Å². The number of para-hydroxylation sites is 1. The number of nitrogens with one attached hydrogen (secondary N) is 2. The van der Waals surface area contributed by atoms with Gasteiger partial charge in [0.1, 0.15) is 11.5 Å². The third-order valence-corrected chi connectivity index (χ3v) is 5.97. The van der Waals surface area contributed by atoms with Gasteiger partial charge in [-0.1, -0.05) is 23.7 Å². The van der Waals surface area contributed by atoms with Crippen LogP contribution >= 0.6 is 11.6 Å². The van der Waals surface area contributed by atoms with Crippen LogP contribution in [0.5, 0.6) is 11.5 Å². The molecule has 1 amide bonds. The van der Waals surface area contributed by atoms with Crippen molar-refractivity contribution in [3.63, 3.8) is 0 Å². The maximum Gasteiger partial charge on any atom is 0.224 e. The summed E-state index contributed by atoms with van der Waals surface area (Å²) in [5, 5.41) is 11.9. The third kappa shape index (κ3) is 4.08. The van der Waals surface area contributed by atoms with Gasteiger partial charge >= 0.3 is 0 Å². The topological polar surface area (TPSA) is 65.4 Å². The Labute approximate surface area is 182 Å². The Bertz CT molecular complexity index is 1010. The summed E-state index contributed by atoms with van der Waals surface area (Å²) in [6, 6.07) is 11.9. The number of fused-ring (bicyclic) bond motifs is 1. The highest BCUT2D eigenvalue weighted by atomic mass is 35.5. The maximum atomic E-state index is 12.4. The first-order valence-corrected chi connectivity index (χ1v) is 10.7. The minimum absolute atomic E-state index is 0.0121. The smallest absolute Gasteiger partial charge is 0.224 e. The molecule has 1 atom stereocenters. The van der Waals surface area contributed by atoms with E-state index in [4.69, 9.17) is 21.7 Å². The zero-order chi connectivity index (χ0) is 21.3. The highest BCUT2D eigenvalue weighted by molar-refractivity contribution is 6.32. The zero-order valence-electron chi connectivity index (χ0n) is 17.2. The van der Waals surface area contributed by atoms with Gasteiger partial charge < -0.3 is 20.4 Å². The van der Waals surface area contributed by atoms with E-state index < -0.39 is 0 Å². The predicted molar refractivity (Wildman–Crippen MR) is 122 cm³/mol. The van der Waals surface area contributed by atoms with E-state index in [9.17, 15) is 4.79 Å². The second-order valence-corrected chi connectivity index (χ2v) is 8.34. The standard InChI is InChI=1S/C24H26ClN3O2/c1-15-7-10-20-22(28(15)16(2)29)12-11-19(17(13-26)14-27-18-8-9-18)24(20)30-23-6-4-3-5-21(23)25/h3-6,11-15,18,26-27H,7-10H2,1-2H3/b17-14+,26-13?. The summed E-state index contributed by atoms with van der Waals surface area (Å²) in [7, 11) is 0. The molecule has 1 unspecified atom stereocenters. The summed E-state index contributed by atoms with van der Waals surface area (Å²) in [4.78, 5) is 14.2. The van der Waals surface area contributed by atoms with E-state index >= 15 is 0 Å². The van der Waals surface area contributed by atoms with Crippen molar-refractivity contribution >= 4 is 35.0 Å². The number of allylic oxidation sites excluding steroid dienone is 1. The van der Waals surface area contributed by atoms with Gasteiger partial charge in [-0.05, 0) is 56.9 Å². The Morgan fingerprint density at radius 3 is 2.67 bits per heavy atom. The number of rotatable bonds is 6. The van der Waals surface area contributed by atoms with Crippen LogP contribution in [0.25, 0.3) is 5.57 Å². The first-order valence-electron chi connectivity index (χ1n) is 10.3. The van der Waals surface area contributed by atoms with E-state index in [0.29, 0.717) is 22.6 Å². The molecule has 1 aliphatic carbocycles. The molecule has 0 aromatic heterocycles. The number of anilines is 1. The molecule has 156 valence electrons. The largest absolute Gasteiger partial charge is 0.455 e. The van der Waals surface area contributed by atoms with E-state index in [0.717, 1.165) is 48.1 Å². The van der Waals surface area contributed by atoms with E-state index in [1.165, 1.54) is 6.21 Å². The molecule has 1 aliphatic heterocycles. The summed E-state index contributed by atoms with van der Waals surface area (Å²) < 4.78 is 6.37. The molecule has 2 aromatic carbocycles. The monoisotopic (exact) mass is 423 g/mol. The van der Waals surface area contributed by atoms with E-state index in [2.05, 4.69) is 12.2 Å². The summed E-state index contributed by atoms with van der Waals surface area (Å²) in [6.07, 6.45) is 7.17. The quantitative estimate of drug-likeness (QED) is 0.597. The molecule has 1 heterocycles. The lowest BCUT2D eigenvalue weighted by molar-refractivity contribution is -0.117. The van der Waals surface area contributed by atoms with Gasteiger partial charge in [-0.3, -0.25) is 4.79 Å². The van der Waals surface area contributed by atoms with Crippen LogP contribution in [0.4, 0.5) is 5.69 Å². The van der Waals surface area contributed by atoms with Gasteiger partial charge in [-0.15, -0.1) is 0 Å². The van der Waals surface area contributed by atoms with Crippen molar-refractivity contribution in [1.82, 2.24) is 5.32 Å². The van der Waals surface area contributed by atoms with E-state index in [1.807, 2.05) is 41.4 Å². The number of ether oxygens (including phenoxy) is 1. The van der Waals surface area contributed by atoms with Crippen molar-refractivity contribution in [2.75, 3.05) is 4.90 Å². The van der Waals surface area contributed by atoms with Crippen LogP contribution in [0.15, 0.2) is 42.6 Å². The average Bonchev–Trinajstić information content (AvgIpc) is 3.55. The molecule has 2 N–H and O–H groups in total. The van der Waals surface area contributed by atoms with Crippen molar-refractivity contribution in [3.8, 4) is 11.5 Å². The molecule has 6 heteroatoms. The van der Waals surface area contributed by atoms with Gasteiger partial charge in [0.15, 0.2) is 0 Å². The number of benzene rings is 2. The summed E-state index contributed by atoms with van der Waals surface area (Å²) >= 11 is 6.38. The molecule has 0 radical (unpaired) electrons. The summed E-state index contributed by atoms with van der Waals surface area (Å²) in [5.41, 5.74) is 3.39. The third-order valence-electron chi connectivity index (χ3n) is 5.65. The van der Waals surface area contributed by atoms with Gasteiger partial charge in [0.25, 0.3) is 0 Å². The molecule has 30 heavy (non-hydrogen) atoms. The van der Waals surface area contributed by atoms with Crippen LogP contribution in [0.1, 0.15) is 44.2 Å². The Morgan fingerprint density at radius 1 is 1.23 bits per heavy atom. The SMILES string of the molecule is CC(=O)N1c2ccc(/C(C=N)=C/NC3CC3)c(Oc3ccccc3Cl)c2CCC1C. The molecule has 0 saturated heterocycles. The van der Waals surface area contributed by atoms with Gasteiger partial charge in [0, 0.05) is 48.1 Å². The van der Waals surface area contributed by atoms with Crippen LogP contribution in [0, 0.1) is 5.41 Å². The molecule has 1 saturated carbocycles. The fourth-order valence-corrected chi connectivity index (χ4v) is 4.09. The first-order chi connectivity index (χ1) is 14.5. The first kappa shape index (κ1) is 20.5. The average molecular weight is 424 g/mol. The fraction of sp³-hybridized carbons (Fsp3) is 0.333. The van der Waals surface area contributed by atoms with Crippen LogP contribution < -0.4 is 15.0 Å². The number of hydrogen-bond donors (Lipinski definition) is 2. The summed E-state index contributed by atoms with van der Waals surface area (Å²) in [6.45, 7) is 3.66. The lowest BCUT2D eigenvalue weighted by atomic mass is 9.91. The molecule has 1 fully saturated rings. The second kappa shape index (κ2) is 8.52. The number of carbonyl (C=O) groups excluding carboxylic acids is 1. The van der Waals surface area contributed by atoms with Crippen LogP contribution in [-0.4, -0.2) is 24.2 Å². The van der Waals surface area contributed by atoms with Crippen molar-refractivity contribution in [3.05, 3.63) is 58.7 Å². The predicted octanol–water partition coefficient (Wildman–Crippen LogP) is 5.56. The highest BCUT2D eigenvalue weighted by Gasteiger charge is 2.30. The minimum Gasteiger partial charge on any atom is -0.455 e. The lowest BCUT2D eigenvalue weighted by Crippen LogP contribution is -2.40. The number of halogens is 1. The number of nitrogens with zero attached hydrogens (tertiary/aromatic N) is 1. The van der Waals surface area contributed by atoms with Gasteiger partial charge in [0.2, 0.25) is 5.91 Å². The molecule has 4 rings (SSSR count). The Kier molecular flexibility index (Phi) is 5.82. The van der Waals surface area contributed by atoms with Gasteiger partial charge in [0.05, 0.1) is 10.7 Å². The molecular weight excluding hydrogens is 398 g/mol. The fourth-order valence-electron chi connectivity index (χ4n) is 3.92. The Morgan fingerprint density at radius 2 is 2.00 bits per heavy atom. The molecular formula is C24H26ClN3O2. The van der Waals surface area contributed by atoms with Gasteiger partial charge in [-0.25, -0.2) is 0 Å². The van der Waals surface area contributed by atoms with Crippen molar-refractivity contribution < 1.29 is 9.53 Å². The van der Waals surface area contributed by atoms with Gasteiger partial charge in [-0.2, -0.15) is 0 Å². The lowest BCUT2D eigenvalue weighted by Gasteiger charge is -2.36. The Balaban J connectivity index is 1.85. The summed E-state index contributed by atoms with van der Waals surface area (Å²) in [5.74, 6) is 1.23. The molecule has 0 spiro atoms. The van der Waals surface area contributed by atoms with Crippen molar-refractivity contribution in [2.45, 2.75) is 51.6 Å². The molecule has 2 aliphatic rings. The van der Waals surface area contributed by atoms with Crippen LogP contribution in [-0.2, 0) is 11.2 Å².